The molecule has 2 aromatic carbocycles. The fourth-order valence-corrected chi connectivity index (χ4v) is 4.29. The van der Waals surface area contributed by atoms with Crippen LogP contribution in [0.15, 0.2) is 70.9 Å². The lowest BCUT2D eigenvalue weighted by Crippen LogP contribution is -2.27. The lowest BCUT2D eigenvalue weighted by molar-refractivity contribution is -0.115. The fourth-order valence-electron chi connectivity index (χ4n) is 3.45. The van der Waals surface area contributed by atoms with E-state index in [4.69, 9.17) is 0 Å². The smallest absolute Gasteiger partial charge is 0.295 e. The Bertz CT molecular complexity index is 1320. The van der Waals surface area contributed by atoms with Gasteiger partial charge in [0, 0.05) is 7.05 Å². The van der Waals surface area contributed by atoms with Crippen molar-refractivity contribution in [3.05, 3.63) is 82.5 Å². The summed E-state index contributed by atoms with van der Waals surface area (Å²) in [5.74, 6) is -0.277. The minimum Gasteiger partial charge on any atom is -0.319 e. The van der Waals surface area contributed by atoms with Gasteiger partial charge in [0.15, 0.2) is 5.16 Å². The van der Waals surface area contributed by atoms with Gasteiger partial charge in [-0.05, 0) is 44.5 Å². The molecule has 0 saturated carbocycles. The maximum absolute atomic E-state index is 13.1. The summed E-state index contributed by atoms with van der Waals surface area (Å²) in [6.45, 7) is 5.60. The van der Waals surface area contributed by atoms with Crippen molar-refractivity contribution in [2.75, 3.05) is 5.32 Å². The molecule has 0 bridgehead atoms. The molecule has 8 nitrogen and oxygen atoms in total. The third-order valence-corrected chi connectivity index (χ3v) is 6.40. The maximum Gasteiger partial charge on any atom is 0.295 e. The normalized spacial score (nSPS) is 12.0. The Morgan fingerprint density at radius 1 is 1.06 bits per heavy atom. The second-order valence-corrected chi connectivity index (χ2v) is 8.76. The average Bonchev–Trinajstić information content (AvgIpc) is 3.32. The number of anilines is 1. The van der Waals surface area contributed by atoms with Gasteiger partial charge in [-0.15, -0.1) is 10.2 Å². The lowest BCUT2D eigenvalue weighted by atomic mass is 10.2. The van der Waals surface area contributed by atoms with Crippen molar-refractivity contribution in [3.63, 3.8) is 0 Å². The number of carbonyl (C=O) groups excluding carboxylic acids is 1. The van der Waals surface area contributed by atoms with Crippen LogP contribution in [0.5, 0.6) is 0 Å². The SMILES string of the molecule is Cc1ccccc1-n1cnnc1S[C@H](C)C(=O)Nc1c(C)n(C)n(-c2ccccc2)c1=O. The Morgan fingerprint density at radius 3 is 2.47 bits per heavy atom. The number of benzene rings is 2. The highest BCUT2D eigenvalue weighted by Gasteiger charge is 2.23. The first kappa shape index (κ1) is 21.6. The number of thioether (sulfide) groups is 1. The molecule has 9 heteroatoms. The molecule has 0 aliphatic heterocycles. The van der Waals surface area contributed by atoms with Crippen molar-refractivity contribution in [3.8, 4) is 11.4 Å². The summed E-state index contributed by atoms with van der Waals surface area (Å²) in [6, 6.07) is 17.2. The van der Waals surface area contributed by atoms with Crippen LogP contribution in [-0.4, -0.2) is 35.3 Å². The van der Waals surface area contributed by atoms with Crippen molar-refractivity contribution < 1.29 is 4.79 Å². The van der Waals surface area contributed by atoms with Crippen LogP contribution in [0, 0.1) is 13.8 Å². The van der Waals surface area contributed by atoms with E-state index >= 15 is 0 Å². The van der Waals surface area contributed by atoms with E-state index in [0.29, 0.717) is 10.9 Å². The number of aryl methyl sites for hydroxylation is 1. The van der Waals surface area contributed by atoms with Gasteiger partial charge in [0.1, 0.15) is 12.0 Å². The minimum absolute atomic E-state index is 0.272. The highest BCUT2D eigenvalue weighted by molar-refractivity contribution is 8.00. The predicted octanol–water partition coefficient (Wildman–Crippen LogP) is 3.49. The monoisotopic (exact) mass is 448 g/mol. The summed E-state index contributed by atoms with van der Waals surface area (Å²) < 4.78 is 5.14. The standard InChI is InChI=1S/C23H24N6O2S/c1-15-10-8-9-13-19(15)28-14-24-26-23(28)32-17(3)21(30)25-20-16(2)27(4)29(22(20)31)18-11-6-5-7-12-18/h5-14,17H,1-4H3,(H,25,30)/t17-/m1/s1. The van der Waals surface area contributed by atoms with Gasteiger partial charge >= 0.3 is 0 Å². The van der Waals surface area contributed by atoms with E-state index in [1.165, 1.54) is 16.4 Å². The van der Waals surface area contributed by atoms with E-state index in [0.717, 1.165) is 16.9 Å². The Labute approximate surface area is 189 Å². The van der Waals surface area contributed by atoms with Crippen molar-refractivity contribution in [2.24, 2.45) is 7.05 Å². The number of aromatic nitrogens is 5. The lowest BCUT2D eigenvalue weighted by Gasteiger charge is -2.13. The van der Waals surface area contributed by atoms with E-state index in [2.05, 4.69) is 15.5 Å². The maximum atomic E-state index is 13.1. The van der Waals surface area contributed by atoms with Gasteiger partial charge in [0.25, 0.3) is 5.56 Å². The summed E-state index contributed by atoms with van der Waals surface area (Å²) >= 11 is 1.29. The van der Waals surface area contributed by atoms with Gasteiger partial charge in [-0.2, -0.15) is 0 Å². The number of nitrogens with zero attached hydrogens (tertiary/aromatic N) is 5. The molecule has 0 fully saturated rings. The summed E-state index contributed by atoms with van der Waals surface area (Å²) in [6.07, 6.45) is 1.63. The van der Waals surface area contributed by atoms with Crippen molar-refractivity contribution >= 4 is 23.4 Å². The van der Waals surface area contributed by atoms with E-state index in [9.17, 15) is 9.59 Å². The number of hydrogen-bond donors (Lipinski definition) is 1. The number of nitrogens with one attached hydrogen (secondary N) is 1. The molecule has 1 N–H and O–H groups in total. The topological polar surface area (TPSA) is 86.7 Å². The third-order valence-electron chi connectivity index (χ3n) is 5.35. The number of amides is 1. The molecule has 4 rings (SSSR count). The van der Waals surface area contributed by atoms with Crippen LogP contribution in [0.4, 0.5) is 5.69 Å². The average molecular weight is 449 g/mol. The Kier molecular flexibility index (Phi) is 6.00. The van der Waals surface area contributed by atoms with Crippen molar-refractivity contribution in [1.82, 2.24) is 24.1 Å². The van der Waals surface area contributed by atoms with Crippen LogP contribution in [0.2, 0.25) is 0 Å². The van der Waals surface area contributed by atoms with Crippen LogP contribution in [0.3, 0.4) is 0 Å². The minimum atomic E-state index is -0.494. The van der Waals surface area contributed by atoms with Crippen LogP contribution in [0.1, 0.15) is 18.2 Å². The van der Waals surface area contributed by atoms with Crippen LogP contribution >= 0.6 is 11.8 Å². The molecule has 0 spiro atoms. The molecule has 0 aliphatic rings. The Morgan fingerprint density at radius 2 is 1.75 bits per heavy atom. The number of hydrogen-bond acceptors (Lipinski definition) is 5. The molecular weight excluding hydrogens is 424 g/mol. The number of rotatable bonds is 6. The molecular formula is C23H24N6O2S. The molecule has 0 unspecified atom stereocenters. The first-order valence-corrected chi connectivity index (χ1v) is 11.0. The van der Waals surface area contributed by atoms with Gasteiger partial charge in [0.05, 0.1) is 22.3 Å². The van der Waals surface area contributed by atoms with E-state index in [1.54, 1.807) is 25.0 Å². The second-order valence-electron chi connectivity index (χ2n) is 7.46. The summed E-state index contributed by atoms with van der Waals surface area (Å²) in [7, 11) is 1.79. The largest absolute Gasteiger partial charge is 0.319 e. The first-order valence-electron chi connectivity index (χ1n) is 10.2. The van der Waals surface area contributed by atoms with Gasteiger partial charge in [-0.3, -0.25) is 18.8 Å². The fraction of sp³-hybridized carbons (Fsp3) is 0.217. The Balaban J connectivity index is 1.56. The van der Waals surface area contributed by atoms with Gasteiger partial charge < -0.3 is 5.32 Å². The Hall–Kier alpha value is -3.59. The summed E-state index contributed by atoms with van der Waals surface area (Å²) in [5.41, 5.74) is 3.44. The van der Waals surface area contributed by atoms with Crippen molar-refractivity contribution in [2.45, 2.75) is 31.2 Å². The quantitative estimate of drug-likeness (QED) is 0.456. The molecule has 2 aromatic heterocycles. The highest BCUT2D eigenvalue weighted by atomic mass is 32.2. The van der Waals surface area contributed by atoms with Gasteiger partial charge in [-0.1, -0.05) is 48.2 Å². The van der Waals surface area contributed by atoms with Crippen LogP contribution in [-0.2, 0) is 11.8 Å². The summed E-state index contributed by atoms with van der Waals surface area (Å²) in [4.78, 5) is 26.0. The second kappa shape index (κ2) is 8.88. The zero-order valence-corrected chi connectivity index (χ0v) is 19.1. The molecule has 4 aromatic rings. The zero-order chi connectivity index (χ0) is 22.8. The van der Waals surface area contributed by atoms with E-state index in [-0.39, 0.29) is 17.2 Å². The molecule has 1 atom stereocenters. The van der Waals surface area contributed by atoms with E-state index < -0.39 is 5.25 Å². The van der Waals surface area contributed by atoms with Crippen LogP contribution in [0.25, 0.3) is 11.4 Å². The van der Waals surface area contributed by atoms with Gasteiger partial charge in [0.2, 0.25) is 5.91 Å². The van der Waals surface area contributed by atoms with Crippen molar-refractivity contribution in [1.29, 1.82) is 0 Å². The molecule has 0 aliphatic carbocycles. The summed E-state index contributed by atoms with van der Waals surface area (Å²) in [5, 5.41) is 11.1. The van der Waals surface area contributed by atoms with Gasteiger partial charge in [-0.25, -0.2) is 4.68 Å². The third kappa shape index (κ3) is 3.99. The number of para-hydroxylation sites is 2. The molecule has 0 radical (unpaired) electrons. The predicted molar refractivity (Wildman–Crippen MR) is 126 cm³/mol. The number of carbonyl (C=O) groups is 1. The van der Waals surface area contributed by atoms with E-state index in [1.807, 2.05) is 73.0 Å². The molecule has 1 amide bonds. The molecule has 2 heterocycles. The first-order chi connectivity index (χ1) is 15.4. The van der Waals surface area contributed by atoms with Crippen LogP contribution < -0.4 is 10.9 Å². The molecule has 0 saturated heterocycles. The zero-order valence-electron chi connectivity index (χ0n) is 18.3. The highest BCUT2D eigenvalue weighted by Crippen LogP contribution is 2.26. The molecule has 32 heavy (non-hydrogen) atoms. The molecule has 164 valence electrons.